The van der Waals surface area contributed by atoms with Crippen molar-refractivity contribution >= 4 is 15.7 Å². The van der Waals surface area contributed by atoms with Gasteiger partial charge in [0.15, 0.2) is 0 Å². The molecule has 0 heterocycles. The number of nitrogens with one attached hydrogen (secondary N) is 1. The number of sulfonamides is 1. The minimum atomic E-state index is -3.73. The molecule has 0 atom stereocenters. The highest BCUT2D eigenvalue weighted by Gasteiger charge is 2.41. The second-order valence-corrected chi connectivity index (χ2v) is 6.57. The van der Waals surface area contributed by atoms with Gasteiger partial charge in [-0.25, -0.2) is 17.5 Å². The number of benzene rings is 1. The maximum absolute atomic E-state index is 13.2. The van der Waals surface area contributed by atoms with Crippen LogP contribution in [0.15, 0.2) is 23.1 Å². The molecule has 0 unspecified atom stereocenters. The molecule has 1 aromatic rings. The zero-order valence-corrected chi connectivity index (χ0v) is 11.1. The Morgan fingerprint density at radius 1 is 1.44 bits per heavy atom. The molecule has 1 aliphatic carbocycles. The summed E-state index contributed by atoms with van der Waals surface area (Å²) >= 11 is 0. The van der Waals surface area contributed by atoms with Crippen LogP contribution in [0.3, 0.4) is 0 Å². The first-order chi connectivity index (χ1) is 8.40. The van der Waals surface area contributed by atoms with Crippen molar-refractivity contribution in [1.29, 1.82) is 0 Å². The number of nitrogens with two attached hydrogens (primary N) is 1. The van der Waals surface area contributed by atoms with E-state index in [1.165, 1.54) is 12.1 Å². The molecule has 0 bridgehead atoms. The van der Waals surface area contributed by atoms with Crippen LogP contribution in [-0.4, -0.2) is 15.0 Å². The molecule has 4 nitrogen and oxygen atoms in total. The number of nitrogen functional groups attached to an aromatic ring is 1. The maximum atomic E-state index is 13.2. The zero-order chi connectivity index (χ0) is 13.4. The van der Waals surface area contributed by atoms with Crippen LogP contribution in [-0.2, 0) is 10.0 Å². The summed E-state index contributed by atoms with van der Waals surface area (Å²) in [6, 6.07) is 3.79. The van der Waals surface area contributed by atoms with Gasteiger partial charge < -0.3 is 5.73 Å². The van der Waals surface area contributed by atoms with Crippen molar-refractivity contribution in [1.82, 2.24) is 4.72 Å². The average molecular weight is 272 g/mol. The SMILES string of the molecule is CCC1(CNS(=O)(=O)c2cccc(F)c2N)CC1. The van der Waals surface area contributed by atoms with Crippen LogP contribution in [0.2, 0.25) is 0 Å². The van der Waals surface area contributed by atoms with Gasteiger partial charge in [0.2, 0.25) is 10.0 Å². The molecule has 0 aromatic heterocycles. The minimum Gasteiger partial charge on any atom is -0.395 e. The summed E-state index contributed by atoms with van der Waals surface area (Å²) in [5.41, 5.74) is 5.23. The lowest BCUT2D eigenvalue weighted by atomic mass is 10.1. The van der Waals surface area contributed by atoms with Gasteiger partial charge in [0, 0.05) is 6.54 Å². The summed E-state index contributed by atoms with van der Waals surface area (Å²) in [4.78, 5) is -0.186. The molecular formula is C12H17FN2O2S. The van der Waals surface area contributed by atoms with Crippen molar-refractivity contribution in [2.24, 2.45) is 5.41 Å². The summed E-state index contributed by atoms with van der Waals surface area (Å²) in [5.74, 6) is -0.713. The molecule has 1 fully saturated rings. The smallest absolute Gasteiger partial charge is 0.242 e. The molecule has 1 saturated carbocycles. The summed E-state index contributed by atoms with van der Waals surface area (Å²) in [6.07, 6.45) is 3.00. The van der Waals surface area contributed by atoms with Crippen molar-refractivity contribution in [3.05, 3.63) is 24.0 Å². The van der Waals surface area contributed by atoms with Crippen LogP contribution in [0.5, 0.6) is 0 Å². The molecule has 2 rings (SSSR count). The Balaban J connectivity index is 2.18. The Labute approximate surface area is 106 Å². The normalized spacial score (nSPS) is 17.7. The fourth-order valence-electron chi connectivity index (χ4n) is 1.91. The molecule has 6 heteroatoms. The third-order valence-corrected chi connectivity index (χ3v) is 5.11. The van der Waals surface area contributed by atoms with E-state index in [9.17, 15) is 12.8 Å². The monoisotopic (exact) mass is 272 g/mol. The van der Waals surface area contributed by atoms with Crippen molar-refractivity contribution in [3.8, 4) is 0 Å². The first kappa shape index (κ1) is 13.3. The van der Waals surface area contributed by atoms with E-state index in [4.69, 9.17) is 5.73 Å². The fraction of sp³-hybridized carbons (Fsp3) is 0.500. The third-order valence-electron chi connectivity index (χ3n) is 3.65. The lowest BCUT2D eigenvalue weighted by Crippen LogP contribution is -2.30. The van der Waals surface area contributed by atoms with Crippen molar-refractivity contribution in [2.45, 2.75) is 31.1 Å². The molecule has 1 aromatic carbocycles. The Hall–Kier alpha value is -1.14. The van der Waals surface area contributed by atoms with E-state index < -0.39 is 15.8 Å². The van der Waals surface area contributed by atoms with E-state index in [0.29, 0.717) is 6.54 Å². The summed E-state index contributed by atoms with van der Waals surface area (Å²) in [7, 11) is -3.73. The predicted molar refractivity (Wildman–Crippen MR) is 68.0 cm³/mol. The molecule has 18 heavy (non-hydrogen) atoms. The third kappa shape index (κ3) is 2.49. The standard InChI is InChI=1S/C12H17FN2O2S/c1-2-12(6-7-12)8-15-18(16,17)10-5-3-4-9(13)11(10)14/h3-5,15H,2,6-8,14H2,1H3. The Bertz CT molecular complexity index is 553. The van der Waals surface area contributed by atoms with Crippen molar-refractivity contribution in [2.75, 3.05) is 12.3 Å². The van der Waals surface area contributed by atoms with Crippen molar-refractivity contribution in [3.63, 3.8) is 0 Å². The van der Waals surface area contributed by atoms with Gasteiger partial charge in [0.05, 0.1) is 5.69 Å². The summed E-state index contributed by atoms with van der Waals surface area (Å²) in [6.45, 7) is 2.43. The fourth-order valence-corrected chi connectivity index (χ4v) is 3.21. The first-order valence-corrected chi connectivity index (χ1v) is 7.42. The average Bonchev–Trinajstić information content (AvgIpc) is 3.11. The van der Waals surface area contributed by atoms with E-state index >= 15 is 0 Å². The van der Waals surface area contributed by atoms with Crippen molar-refractivity contribution < 1.29 is 12.8 Å². The molecule has 1 aliphatic rings. The molecule has 0 saturated heterocycles. The number of rotatable bonds is 5. The van der Waals surface area contributed by atoms with Gasteiger partial charge in [-0.1, -0.05) is 13.0 Å². The van der Waals surface area contributed by atoms with E-state index in [0.717, 1.165) is 25.3 Å². The number of hydrogen-bond donors (Lipinski definition) is 2. The molecule has 0 radical (unpaired) electrons. The van der Waals surface area contributed by atoms with E-state index in [1.54, 1.807) is 0 Å². The molecule has 0 aliphatic heterocycles. The zero-order valence-electron chi connectivity index (χ0n) is 10.2. The second kappa shape index (κ2) is 4.51. The highest BCUT2D eigenvalue weighted by atomic mass is 32.2. The van der Waals surface area contributed by atoms with Gasteiger partial charge in [0.25, 0.3) is 0 Å². The minimum absolute atomic E-state index is 0.0924. The molecule has 0 spiro atoms. The largest absolute Gasteiger partial charge is 0.395 e. The van der Waals surface area contributed by atoms with Gasteiger partial charge in [-0.2, -0.15) is 0 Å². The van der Waals surface area contributed by atoms with Gasteiger partial charge in [-0.3, -0.25) is 0 Å². The Morgan fingerprint density at radius 2 is 2.11 bits per heavy atom. The highest BCUT2D eigenvalue weighted by Crippen LogP contribution is 2.48. The molecule has 100 valence electrons. The van der Waals surface area contributed by atoms with Crippen LogP contribution in [0.1, 0.15) is 26.2 Å². The van der Waals surface area contributed by atoms with E-state index in [-0.39, 0.29) is 16.0 Å². The number of para-hydroxylation sites is 1. The quantitative estimate of drug-likeness (QED) is 0.804. The van der Waals surface area contributed by atoms with Crippen LogP contribution in [0.25, 0.3) is 0 Å². The number of anilines is 1. The molecular weight excluding hydrogens is 255 g/mol. The lowest BCUT2D eigenvalue weighted by molar-refractivity contribution is 0.475. The second-order valence-electron chi connectivity index (χ2n) is 4.83. The van der Waals surface area contributed by atoms with Crippen LogP contribution >= 0.6 is 0 Å². The predicted octanol–water partition coefficient (Wildman–Crippen LogP) is 1.88. The van der Waals surface area contributed by atoms with Crippen LogP contribution in [0.4, 0.5) is 10.1 Å². The van der Waals surface area contributed by atoms with Gasteiger partial charge in [-0.05, 0) is 36.8 Å². The topological polar surface area (TPSA) is 72.2 Å². The Morgan fingerprint density at radius 3 is 2.67 bits per heavy atom. The maximum Gasteiger partial charge on any atom is 0.242 e. The first-order valence-electron chi connectivity index (χ1n) is 5.94. The summed E-state index contributed by atoms with van der Waals surface area (Å²) < 4.78 is 39.8. The molecule has 0 amide bonds. The lowest BCUT2D eigenvalue weighted by Gasteiger charge is -2.14. The van der Waals surface area contributed by atoms with Crippen LogP contribution in [0, 0.1) is 11.2 Å². The van der Waals surface area contributed by atoms with Gasteiger partial charge in [-0.15, -0.1) is 0 Å². The van der Waals surface area contributed by atoms with E-state index in [2.05, 4.69) is 4.72 Å². The van der Waals surface area contributed by atoms with E-state index in [1.807, 2.05) is 6.92 Å². The Kier molecular flexibility index (Phi) is 3.33. The van der Waals surface area contributed by atoms with Crippen LogP contribution < -0.4 is 10.5 Å². The van der Waals surface area contributed by atoms with Gasteiger partial charge >= 0.3 is 0 Å². The van der Waals surface area contributed by atoms with Gasteiger partial charge in [0.1, 0.15) is 10.7 Å². The molecule has 3 N–H and O–H groups in total. The number of hydrogen-bond acceptors (Lipinski definition) is 3. The number of halogens is 1. The highest BCUT2D eigenvalue weighted by molar-refractivity contribution is 7.89. The summed E-state index contributed by atoms with van der Waals surface area (Å²) in [5, 5.41) is 0.